The lowest BCUT2D eigenvalue weighted by molar-refractivity contribution is -0.388. The Labute approximate surface area is 100 Å². The van der Waals surface area contributed by atoms with E-state index in [1.54, 1.807) is 6.07 Å². The summed E-state index contributed by atoms with van der Waals surface area (Å²) >= 11 is 3.76. The third kappa shape index (κ3) is 2.44. The molecule has 1 aromatic rings. The predicted molar refractivity (Wildman–Crippen MR) is 58.1 cm³/mol. The van der Waals surface area contributed by atoms with E-state index in [4.69, 9.17) is 15.9 Å². The van der Waals surface area contributed by atoms with Crippen LogP contribution in [0.5, 0.6) is 0 Å². The van der Waals surface area contributed by atoms with Gasteiger partial charge < -0.3 is 0 Å². The van der Waals surface area contributed by atoms with Gasteiger partial charge in [-0.25, -0.2) is 8.42 Å². The summed E-state index contributed by atoms with van der Waals surface area (Å²) in [6.45, 7) is 0. The van der Waals surface area contributed by atoms with Gasteiger partial charge in [-0.15, -0.1) is 12.6 Å². The largest absolute Gasteiger partial charge is 0.291 e. The summed E-state index contributed by atoms with van der Waals surface area (Å²) in [4.78, 5) is 8.75. The fraction of sp³-hybridized carbons (Fsp3) is 0. The van der Waals surface area contributed by atoms with Gasteiger partial charge >= 0.3 is 0 Å². The molecule has 0 saturated heterocycles. The van der Waals surface area contributed by atoms with Gasteiger partial charge in [0.25, 0.3) is 14.7 Å². The topological polar surface area (TPSA) is 101 Å². The molecule has 0 heterocycles. The number of nitrogens with zero attached hydrogens (tertiary/aromatic N) is 2. The number of nitro benzene ring substituents is 1. The van der Waals surface area contributed by atoms with Gasteiger partial charge in [0.05, 0.1) is 16.6 Å². The van der Waals surface area contributed by atoms with Crippen molar-refractivity contribution in [3.63, 3.8) is 0 Å². The Bertz CT molecular complexity index is 606. The third-order valence-corrected chi connectivity index (χ3v) is 3.50. The van der Waals surface area contributed by atoms with Crippen molar-refractivity contribution < 1.29 is 13.3 Å². The number of hydrogen-bond donors (Lipinski definition) is 1. The molecule has 0 aromatic heterocycles. The molecule has 0 saturated carbocycles. The van der Waals surface area contributed by atoms with E-state index in [-0.39, 0.29) is 10.5 Å². The fourth-order valence-electron chi connectivity index (χ4n) is 1.05. The first-order valence-corrected chi connectivity index (χ1v) is 6.39. The van der Waals surface area contributed by atoms with Crippen molar-refractivity contribution in [3.05, 3.63) is 27.8 Å². The van der Waals surface area contributed by atoms with Crippen LogP contribution >= 0.6 is 23.3 Å². The predicted octanol–water partition coefficient (Wildman–Crippen LogP) is 1.68. The van der Waals surface area contributed by atoms with Crippen molar-refractivity contribution in [2.45, 2.75) is 9.79 Å². The Morgan fingerprint density at radius 2 is 2.06 bits per heavy atom. The van der Waals surface area contributed by atoms with Gasteiger partial charge in [-0.05, 0) is 6.07 Å². The maximum atomic E-state index is 11.1. The second-order valence-electron chi connectivity index (χ2n) is 2.65. The van der Waals surface area contributed by atoms with Crippen LogP contribution in [0, 0.1) is 21.4 Å². The van der Waals surface area contributed by atoms with Crippen molar-refractivity contribution in [2.75, 3.05) is 0 Å². The SMILES string of the molecule is N#Cc1cc(S)c(S(=O)(=O)Cl)c([N+](=O)[O-])c1. The van der Waals surface area contributed by atoms with Gasteiger partial charge in [-0.2, -0.15) is 5.26 Å². The molecule has 0 bridgehead atoms. The van der Waals surface area contributed by atoms with Crippen molar-refractivity contribution >= 4 is 38.0 Å². The maximum absolute atomic E-state index is 11.1. The number of thiol groups is 1. The first-order valence-electron chi connectivity index (χ1n) is 3.63. The lowest BCUT2D eigenvalue weighted by Crippen LogP contribution is -2.01. The summed E-state index contributed by atoms with van der Waals surface area (Å²) in [5, 5.41) is 19.2. The molecule has 0 aliphatic carbocycles. The second-order valence-corrected chi connectivity index (χ2v) is 5.63. The minimum Gasteiger partial charge on any atom is -0.258 e. The zero-order valence-electron chi connectivity index (χ0n) is 7.42. The molecule has 0 atom stereocenters. The molecule has 1 aromatic carbocycles. The van der Waals surface area contributed by atoms with E-state index >= 15 is 0 Å². The molecule has 0 aliphatic rings. The molecule has 9 heteroatoms. The normalized spacial score (nSPS) is 10.8. The van der Waals surface area contributed by atoms with Crippen molar-refractivity contribution in [3.8, 4) is 6.07 Å². The van der Waals surface area contributed by atoms with Crippen molar-refractivity contribution in [2.24, 2.45) is 0 Å². The van der Waals surface area contributed by atoms with Crippen LogP contribution in [0.4, 0.5) is 5.69 Å². The summed E-state index contributed by atoms with van der Waals surface area (Å²) in [5.74, 6) is 0. The summed E-state index contributed by atoms with van der Waals surface area (Å²) < 4.78 is 22.2. The molecular weight excluding hydrogens is 276 g/mol. The Morgan fingerprint density at radius 3 is 2.44 bits per heavy atom. The van der Waals surface area contributed by atoms with E-state index in [9.17, 15) is 18.5 Å². The average molecular weight is 279 g/mol. The van der Waals surface area contributed by atoms with Crippen LogP contribution in [0.3, 0.4) is 0 Å². The lowest BCUT2D eigenvalue weighted by atomic mass is 10.2. The first-order chi connectivity index (χ1) is 7.27. The number of nitriles is 1. The van der Waals surface area contributed by atoms with Crippen LogP contribution in [0.15, 0.2) is 21.9 Å². The third-order valence-electron chi connectivity index (χ3n) is 1.62. The highest BCUT2D eigenvalue weighted by Crippen LogP contribution is 2.33. The van der Waals surface area contributed by atoms with Crippen LogP contribution in [0.1, 0.15) is 5.56 Å². The van der Waals surface area contributed by atoms with Gasteiger partial charge in [0.15, 0.2) is 4.90 Å². The molecule has 0 N–H and O–H groups in total. The number of benzene rings is 1. The number of halogens is 1. The highest BCUT2D eigenvalue weighted by atomic mass is 35.7. The van der Waals surface area contributed by atoms with Crippen molar-refractivity contribution in [1.29, 1.82) is 5.26 Å². The molecule has 0 fully saturated rings. The zero-order valence-corrected chi connectivity index (χ0v) is 9.88. The molecule has 0 aliphatic heterocycles. The van der Waals surface area contributed by atoms with Crippen LogP contribution in [-0.4, -0.2) is 13.3 Å². The molecule has 0 amide bonds. The van der Waals surface area contributed by atoms with Gasteiger partial charge in [-0.1, -0.05) is 0 Å². The standard InChI is InChI=1S/C7H3ClN2O4S2/c8-16(13,14)7-5(10(11)12)1-4(3-9)2-6(7)15/h1-2,15H. The molecule has 1 rings (SSSR count). The van der Waals surface area contributed by atoms with Gasteiger partial charge in [0, 0.05) is 21.6 Å². The van der Waals surface area contributed by atoms with Crippen LogP contribution < -0.4 is 0 Å². The summed E-state index contributed by atoms with van der Waals surface area (Å²) in [5.41, 5.74) is -0.834. The molecule has 0 spiro atoms. The lowest BCUT2D eigenvalue weighted by Gasteiger charge is -2.02. The van der Waals surface area contributed by atoms with Crippen LogP contribution in [-0.2, 0) is 9.05 Å². The molecule has 16 heavy (non-hydrogen) atoms. The van der Waals surface area contributed by atoms with E-state index in [2.05, 4.69) is 12.6 Å². The summed E-state index contributed by atoms with van der Waals surface area (Å²) in [6, 6.07) is 3.57. The van der Waals surface area contributed by atoms with Crippen LogP contribution in [0.2, 0.25) is 0 Å². The van der Waals surface area contributed by atoms with Gasteiger partial charge in [-0.3, -0.25) is 10.1 Å². The minimum absolute atomic E-state index is 0.0687. The number of rotatable bonds is 2. The summed E-state index contributed by atoms with van der Waals surface area (Å²) in [7, 11) is 0.755. The molecule has 0 unspecified atom stereocenters. The molecule has 6 nitrogen and oxygen atoms in total. The Hall–Kier alpha value is -1.30. The molecule has 84 valence electrons. The highest BCUT2D eigenvalue weighted by Gasteiger charge is 2.27. The van der Waals surface area contributed by atoms with Crippen LogP contribution in [0.25, 0.3) is 0 Å². The Kier molecular flexibility index (Phi) is 3.42. The van der Waals surface area contributed by atoms with Gasteiger partial charge in [0.1, 0.15) is 0 Å². The zero-order chi connectivity index (χ0) is 12.5. The maximum Gasteiger partial charge on any atom is 0.291 e. The van der Waals surface area contributed by atoms with E-state index in [0.29, 0.717) is 0 Å². The minimum atomic E-state index is -4.29. The second kappa shape index (κ2) is 4.29. The Morgan fingerprint density at radius 1 is 1.50 bits per heavy atom. The average Bonchev–Trinajstić information content (AvgIpc) is 2.14. The quantitative estimate of drug-likeness (QED) is 0.384. The van der Waals surface area contributed by atoms with E-state index in [0.717, 1.165) is 12.1 Å². The van der Waals surface area contributed by atoms with E-state index in [1.165, 1.54) is 0 Å². The number of hydrogen-bond acceptors (Lipinski definition) is 6. The molecule has 0 radical (unpaired) electrons. The van der Waals surface area contributed by atoms with E-state index < -0.39 is 24.6 Å². The highest BCUT2D eigenvalue weighted by molar-refractivity contribution is 8.14. The smallest absolute Gasteiger partial charge is 0.258 e. The number of nitro groups is 1. The molecular formula is C7H3ClN2O4S2. The van der Waals surface area contributed by atoms with E-state index in [1.807, 2.05) is 0 Å². The Balaban J connectivity index is 3.75. The first kappa shape index (κ1) is 12.8. The monoisotopic (exact) mass is 278 g/mol. The van der Waals surface area contributed by atoms with Crippen molar-refractivity contribution in [1.82, 2.24) is 0 Å². The summed E-state index contributed by atoms with van der Waals surface area (Å²) in [6.07, 6.45) is 0. The fourth-order valence-corrected chi connectivity index (χ4v) is 3.00. The van der Waals surface area contributed by atoms with Gasteiger partial charge in [0.2, 0.25) is 0 Å².